The summed E-state index contributed by atoms with van der Waals surface area (Å²) < 4.78 is 10.4. The molecule has 68 valence electrons. The minimum absolute atomic E-state index is 0.0661. The fourth-order valence-corrected chi connectivity index (χ4v) is 1.34. The molecule has 1 aliphatic heterocycles. The van der Waals surface area contributed by atoms with E-state index in [1.807, 2.05) is 12.1 Å². The first kappa shape index (κ1) is 8.10. The van der Waals surface area contributed by atoms with Gasteiger partial charge in [0.15, 0.2) is 5.78 Å². The molecule has 0 aliphatic carbocycles. The van der Waals surface area contributed by atoms with Gasteiger partial charge in [-0.3, -0.25) is 4.79 Å². The summed E-state index contributed by atoms with van der Waals surface area (Å²) in [5.74, 6) is 0.968. The third-order valence-corrected chi connectivity index (χ3v) is 1.96. The van der Waals surface area contributed by atoms with Gasteiger partial charge in [0.05, 0.1) is 12.5 Å². The topological polar surface area (TPSA) is 39.4 Å². The van der Waals surface area contributed by atoms with Gasteiger partial charge in [-0.15, -0.1) is 0 Å². The summed E-state index contributed by atoms with van der Waals surface area (Å²) >= 11 is 0. The second-order valence-electron chi connectivity index (χ2n) is 3.01. The fraction of sp³-hybridized carbons (Fsp3) is 0.300. The van der Waals surface area contributed by atoms with E-state index in [1.165, 1.54) is 12.3 Å². The summed E-state index contributed by atoms with van der Waals surface area (Å²) in [7, 11) is 0. The largest absolute Gasteiger partial charge is 0.497 e. The van der Waals surface area contributed by atoms with Crippen molar-refractivity contribution in [3.63, 3.8) is 0 Å². The first-order valence-electron chi connectivity index (χ1n) is 4.22. The summed E-state index contributed by atoms with van der Waals surface area (Å²) in [5.41, 5.74) is 0. The quantitative estimate of drug-likeness (QED) is 0.691. The van der Waals surface area contributed by atoms with Crippen LogP contribution in [0, 0.1) is 0 Å². The Morgan fingerprint density at radius 3 is 3.15 bits per heavy atom. The Balaban J connectivity index is 1.96. The van der Waals surface area contributed by atoms with E-state index >= 15 is 0 Å². The Hall–Kier alpha value is -1.51. The number of hydrogen-bond acceptors (Lipinski definition) is 3. The molecule has 1 atom stereocenters. The number of hydrogen-bond donors (Lipinski definition) is 0. The van der Waals surface area contributed by atoms with Crippen LogP contribution in [0.1, 0.15) is 12.2 Å². The molecule has 0 aromatic carbocycles. The van der Waals surface area contributed by atoms with Crippen LogP contribution >= 0.6 is 0 Å². The molecule has 13 heavy (non-hydrogen) atoms. The van der Waals surface area contributed by atoms with E-state index in [-0.39, 0.29) is 11.9 Å². The van der Waals surface area contributed by atoms with Crippen molar-refractivity contribution in [2.24, 2.45) is 0 Å². The van der Waals surface area contributed by atoms with Gasteiger partial charge in [0.2, 0.25) is 0 Å². The van der Waals surface area contributed by atoms with Gasteiger partial charge in [0.1, 0.15) is 11.9 Å². The smallest absolute Gasteiger partial charge is 0.162 e. The van der Waals surface area contributed by atoms with Gasteiger partial charge in [0.25, 0.3) is 0 Å². The standard InChI is InChI=1S/C10H10O3/c11-8-3-5-13-10(6-8)7-9-2-1-4-12-9/h1-5,10H,6-7H2. The van der Waals surface area contributed by atoms with E-state index in [9.17, 15) is 4.79 Å². The molecular weight excluding hydrogens is 168 g/mol. The molecular formula is C10H10O3. The highest BCUT2D eigenvalue weighted by Gasteiger charge is 2.17. The highest BCUT2D eigenvalue weighted by molar-refractivity contribution is 5.90. The molecule has 3 nitrogen and oxygen atoms in total. The van der Waals surface area contributed by atoms with Gasteiger partial charge in [-0.1, -0.05) is 0 Å². The number of carbonyl (C=O) groups excluding carboxylic acids is 1. The molecule has 1 unspecified atom stereocenters. The molecule has 0 N–H and O–H groups in total. The average molecular weight is 178 g/mol. The van der Waals surface area contributed by atoms with Crippen LogP contribution in [0.4, 0.5) is 0 Å². The zero-order valence-electron chi connectivity index (χ0n) is 7.10. The molecule has 0 saturated heterocycles. The highest BCUT2D eigenvalue weighted by Crippen LogP contribution is 2.13. The molecule has 1 aliphatic rings. The minimum Gasteiger partial charge on any atom is -0.497 e. The molecule has 0 bridgehead atoms. The Bertz CT molecular complexity index is 311. The first-order valence-corrected chi connectivity index (χ1v) is 4.22. The molecule has 0 amide bonds. The van der Waals surface area contributed by atoms with Gasteiger partial charge in [-0.05, 0) is 12.1 Å². The number of ether oxygens (including phenoxy) is 1. The summed E-state index contributed by atoms with van der Waals surface area (Å²) in [6.45, 7) is 0. The van der Waals surface area contributed by atoms with E-state index in [0.717, 1.165) is 5.76 Å². The van der Waals surface area contributed by atoms with Gasteiger partial charge in [-0.2, -0.15) is 0 Å². The van der Waals surface area contributed by atoms with Crippen LogP contribution in [0.2, 0.25) is 0 Å². The number of rotatable bonds is 2. The zero-order valence-corrected chi connectivity index (χ0v) is 7.10. The van der Waals surface area contributed by atoms with Crippen molar-refractivity contribution in [2.75, 3.05) is 0 Å². The van der Waals surface area contributed by atoms with Gasteiger partial charge in [-0.25, -0.2) is 0 Å². The van der Waals surface area contributed by atoms with Crippen molar-refractivity contribution in [1.29, 1.82) is 0 Å². The van der Waals surface area contributed by atoms with Crippen molar-refractivity contribution in [1.82, 2.24) is 0 Å². The molecule has 3 heteroatoms. The lowest BCUT2D eigenvalue weighted by Gasteiger charge is -2.16. The maximum Gasteiger partial charge on any atom is 0.162 e. The minimum atomic E-state index is -0.0661. The van der Waals surface area contributed by atoms with Crippen LogP contribution < -0.4 is 0 Å². The molecule has 0 radical (unpaired) electrons. The maximum atomic E-state index is 11.0. The first-order chi connectivity index (χ1) is 6.34. The van der Waals surface area contributed by atoms with Crippen molar-refractivity contribution < 1.29 is 13.9 Å². The molecule has 1 aromatic rings. The second kappa shape index (κ2) is 3.47. The summed E-state index contributed by atoms with van der Waals surface area (Å²) in [4.78, 5) is 11.0. The average Bonchev–Trinajstić information content (AvgIpc) is 2.57. The van der Waals surface area contributed by atoms with Gasteiger partial charge < -0.3 is 9.15 Å². The third kappa shape index (κ3) is 1.99. The van der Waals surface area contributed by atoms with E-state index in [2.05, 4.69) is 0 Å². The van der Waals surface area contributed by atoms with Crippen LogP contribution in [0.15, 0.2) is 35.2 Å². The molecule has 0 saturated carbocycles. The summed E-state index contributed by atoms with van der Waals surface area (Å²) in [5, 5.41) is 0. The van der Waals surface area contributed by atoms with Gasteiger partial charge in [0, 0.05) is 18.9 Å². The fourth-order valence-electron chi connectivity index (χ4n) is 1.34. The van der Waals surface area contributed by atoms with Crippen molar-refractivity contribution in [3.8, 4) is 0 Å². The van der Waals surface area contributed by atoms with Gasteiger partial charge >= 0.3 is 0 Å². The van der Waals surface area contributed by atoms with E-state index in [4.69, 9.17) is 9.15 Å². The van der Waals surface area contributed by atoms with E-state index in [1.54, 1.807) is 6.26 Å². The van der Waals surface area contributed by atoms with Crippen LogP contribution in [-0.2, 0) is 16.0 Å². The Kier molecular flexibility index (Phi) is 2.17. The van der Waals surface area contributed by atoms with Crippen molar-refractivity contribution in [2.45, 2.75) is 18.9 Å². The predicted molar refractivity (Wildman–Crippen MR) is 46.0 cm³/mol. The van der Waals surface area contributed by atoms with Crippen LogP contribution in [0.5, 0.6) is 0 Å². The lowest BCUT2D eigenvalue weighted by molar-refractivity contribution is -0.117. The number of furan rings is 1. The number of carbonyl (C=O) groups is 1. The molecule has 1 aromatic heterocycles. The van der Waals surface area contributed by atoms with E-state index in [0.29, 0.717) is 12.8 Å². The predicted octanol–water partition coefficient (Wildman–Crippen LogP) is 1.69. The molecule has 0 fully saturated rings. The monoisotopic (exact) mass is 178 g/mol. The summed E-state index contributed by atoms with van der Waals surface area (Å²) in [6, 6.07) is 3.71. The van der Waals surface area contributed by atoms with Crippen LogP contribution in [0.25, 0.3) is 0 Å². The number of allylic oxidation sites excluding steroid dienone is 1. The lowest BCUT2D eigenvalue weighted by Crippen LogP contribution is -2.20. The Morgan fingerprint density at radius 2 is 2.46 bits per heavy atom. The Labute approximate surface area is 76.0 Å². The SMILES string of the molecule is O=C1C=COC(Cc2ccco2)C1. The maximum absolute atomic E-state index is 11.0. The Morgan fingerprint density at radius 1 is 1.54 bits per heavy atom. The van der Waals surface area contributed by atoms with Crippen LogP contribution in [-0.4, -0.2) is 11.9 Å². The molecule has 2 heterocycles. The molecule has 2 rings (SSSR count). The number of ketones is 1. The molecule has 0 spiro atoms. The van der Waals surface area contributed by atoms with Crippen LogP contribution in [0.3, 0.4) is 0 Å². The van der Waals surface area contributed by atoms with E-state index < -0.39 is 0 Å². The lowest BCUT2D eigenvalue weighted by atomic mass is 10.1. The normalized spacial score (nSPS) is 21.5. The zero-order chi connectivity index (χ0) is 9.10. The third-order valence-electron chi connectivity index (χ3n) is 1.96. The highest BCUT2D eigenvalue weighted by atomic mass is 16.5. The van der Waals surface area contributed by atoms with Crippen molar-refractivity contribution in [3.05, 3.63) is 36.5 Å². The van der Waals surface area contributed by atoms with Crippen molar-refractivity contribution >= 4 is 5.78 Å². The summed E-state index contributed by atoms with van der Waals surface area (Å²) in [6.07, 6.45) is 5.57. The second-order valence-corrected chi connectivity index (χ2v) is 3.01.